The second kappa shape index (κ2) is 8.25. The third-order valence-electron chi connectivity index (χ3n) is 4.88. The zero-order chi connectivity index (χ0) is 19.3. The fourth-order valence-electron chi connectivity index (χ4n) is 3.38. The van der Waals surface area contributed by atoms with Gasteiger partial charge in [0, 0.05) is 37.4 Å². The molecule has 1 fully saturated rings. The Morgan fingerprint density at radius 2 is 1.57 bits per heavy atom. The molecule has 2 heterocycles. The largest absolute Gasteiger partial charge is 0.494 e. The van der Waals surface area contributed by atoms with Gasteiger partial charge in [-0.1, -0.05) is 0 Å². The van der Waals surface area contributed by atoms with Crippen LogP contribution in [0.1, 0.15) is 6.92 Å². The summed E-state index contributed by atoms with van der Waals surface area (Å²) in [6.45, 7) is 6.04. The van der Waals surface area contributed by atoms with Crippen LogP contribution in [0.25, 0.3) is 11.3 Å². The van der Waals surface area contributed by atoms with Gasteiger partial charge in [0.2, 0.25) is 0 Å². The minimum atomic E-state index is -0.205. The van der Waals surface area contributed by atoms with Crippen LogP contribution in [0.2, 0.25) is 0 Å². The predicted octanol–water partition coefficient (Wildman–Crippen LogP) is 4.01. The molecule has 3 aromatic rings. The zero-order valence-electron chi connectivity index (χ0n) is 15.9. The number of hydrogen-bond acceptors (Lipinski definition) is 5. The molecule has 4 rings (SSSR count). The van der Waals surface area contributed by atoms with Crippen molar-refractivity contribution < 1.29 is 9.13 Å². The Hall–Kier alpha value is -3.15. The van der Waals surface area contributed by atoms with Gasteiger partial charge in [0.15, 0.2) is 0 Å². The highest BCUT2D eigenvalue weighted by molar-refractivity contribution is 5.61. The van der Waals surface area contributed by atoms with Gasteiger partial charge >= 0.3 is 0 Å². The quantitative estimate of drug-likeness (QED) is 0.671. The fourth-order valence-corrected chi connectivity index (χ4v) is 3.38. The zero-order valence-corrected chi connectivity index (χ0v) is 15.9. The molecule has 0 saturated carbocycles. The van der Waals surface area contributed by atoms with E-state index in [1.54, 1.807) is 6.20 Å². The lowest BCUT2D eigenvalue weighted by Crippen LogP contribution is -2.46. The molecular formula is C22H23FN4O. The minimum absolute atomic E-state index is 0.205. The van der Waals surface area contributed by atoms with Gasteiger partial charge in [-0.15, -0.1) is 0 Å². The monoisotopic (exact) mass is 378 g/mol. The Balaban J connectivity index is 1.44. The summed E-state index contributed by atoms with van der Waals surface area (Å²) in [6.07, 6.45) is 3.60. The second-order valence-corrected chi connectivity index (χ2v) is 6.67. The van der Waals surface area contributed by atoms with Gasteiger partial charge in [0.25, 0.3) is 0 Å². The van der Waals surface area contributed by atoms with Gasteiger partial charge in [-0.05, 0) is 55.5 Å². The summed E-state index contributed by atoms with van der Waals surface area (Å²) < 4.78 is 18.6. The number of rotatable bonds is 5. The smallest absolute Gasteiger partial charge is 0.147 e. The van der Waals surface area contributed by atoms with Gasteiger partial charge in [0.1, 0.15) is 17.4 Å². The number of ether oxygens (including phenoxy) is 1. The van der Waals surface area contributed by atoms with Gasteiger partial charge in [-0.3, -0.25) is 4.98 Å². The Morgan fingerprint density at radius 1 is 0.893 bits per heavy atom. The summed E-state index contributed by atoms with van der Waals surface area (Å²) in [5.74, 6) is 1.53. The standard InChI is InChI=1S/C22H23FN4O/c1-2-28-20-9-3-17(4-10-20)21-15-24-16-22(25-21)27-13-11-26(12-14-27)19-7-5-18(23)6-8-19/h3-10,15-16H,2,11-14H2,1H3. The van der Waals surface area contributed by atoms with Crippen LogP contribution >= 0.6 is 0 Å². The molecule has 5 nitrogen and oxygen atoms in total. The Labute approximate surface area is 164 Å². The third kappa shape index (κ3) is 4.06. The van der Waals surface area contributed by atoms with Crippen molar-refractivity contribution in [3.8, 4) is 17.0 Å². The van der Waals surface area contributed by atoms with E-state index in [-0.39, 0.29) is 5.82 Å². The van der Waals surface area contributed by atoms with E-state index in [4.69, 9.17) is 9.72 Å². The predicted molar refractivity (Wildman–Crippen MR) is 109 cm³/mol. The van der Waals surface area contributed by atoms with Crippen molar-refractivity contribution in [2.45, 2.75) is 6.92 Å². The number of halogens is 1. The van der Waals surface area contributed by atoms with E-state index < -0.39 is 0 Å². The third-order valence-corrected chi connectivity index (χ3v) is 4.88. The summed E-state index contributed by atoms with van der Waals surface area (Å²) in [7, 11) is 0. The lowest BCUT2D eigenvalue weighted by atomic mass is 10.1. The van der Waals surface area contributed by atoms with Crippen molar-refractivity contribution in [2.75, 3.05) is 42.6 Å². The van der Waals surface area contributed by atoms with Crippen molar-refractivity contribution in [2.24, 2.45) is 0 Å². The number of anilines is 2. The molecule has 0 radical (unpaired) electrons. The molecule has 0 spiro atoms. The highest BCUT2D eigenvalue weighted by Crippen LogP contribution is 2.24. The van der Waals surface area contributed by atoms with Crippen LogP contribution in [0.5, 0.6) is 5.75 Å². The van der Waals surface area contributed by atoms with E-state index in [9.17, 15) is 4.39 Å². The van der Waals surface area contributed by atoms with Gasteiger partial charge in [0.05, 0.1) is 24.7 Å². The van der Waals surface area contributed by atoms with E-state index in [0.29, 0.717) is 6.61 Å². The molecule has 0 unspecified atom stereocenters. The second-order valence-electron chi connectivity index (χ2n) is 6.67. The van der Waals surface area contributed by atoms with Crippen LogP contribution in [-0.4, -0.2) is 42.8 Å². The van der Waals surface area contributed by atoms with Gasteiger partial charge in [-0.25, -0.2) is 9.37 Å². The molecule has 0 aliphatic carbocycles. The Bertz CT molecular complexity index is 907. The highest BCUT2D eigenvalue weighted by atomic mass is 19.1. The van der Waals surface area contributed by atoms with E-state index in [2.05, 4.69) is 14.8 Å². The fraction of sp³-hybridized carbons (Fsp3) is 0.273. The summed E-state index contributed by atoms with van der Waals surface area (Å²) in [4.78, 5) is 13.7. The van der Waals surface area contributed by atoms with Crippen molar-refractivity contribution in [3.63, 3.8) is 0 Å². The first-order chi connectivity index (χ1) is 13.7. The lowest BCUT2D eigenvalue weighted by molar-refractivity contribution is 0.340. The summed E-state index contributed by atoms with van der Waals surface area (Å²) in [5, 5.41) is 0. The van der Waals surface area contributed by atoms with Crippen LogP contribution in [0.3, 0.4) is 0 Å². The van der Waals surface area contributed by atoms with Crippen LogP contribution < -0.4 is 14.5 Å². The van der Waals surface area contributed by atoms with E-state index in [0.717, 1.165) is 54.7 Å². The van der Waals surface area contributed by atoms with Gasteiger partial charge in [-0.2, -0.15) is 0 Å². The number of benzene rings is 2. The molecule has 2 aromatic carbocycles. The maximum absolute atomic E-state index is 13.1. The molecular weight excluding hydrogens is 355 g/mol. The SMILES string of the molecule is CCOc1ccc(-c2cncc(N3CCN(c4ccc(F)cc4)CC3)n2)cc1. The maximum atomic E-state index is 13.1. The Kier molecular flexibility index (Phi) is 5.37. The normalized spacial score (nSPS) is 14.2. The number of nitrogens with zero attached hydrogens (tertiary/aromatic N) is 4. The molecule has 28 heavy (non-hydrogen) atoms. The summed E-state index contributed by atoms with van der Waals surface area (Å²) in [6, 6.07) is 14.6. The minimum Gasteiger partial charge on any atom is -0.494 e. The highest BCUT2D eigenvalue weighted by Gasteiger charge is 2.19. The average molecular weight is 378 g/mol. The molecule has 1 aliphatic heterocycles. The topological polar surface area (TPSA) is 41.5 Å². The summed E-state index contributed by atoms with van der Waals surface area (Å²) >= 11 is 0. The molecule has 0 bridgehead atoms. The van der Waals surface area contributed by atoms with Crippen LogP contribution in [0.15, 0.2) is 60.9 Å². The molecule has 144 valence electrons. The van der Waals surface area contributed by atoms with Crippen molar-refractivity contribution in [1.82, 2.24) is 9.97 Å². The van der Waals surface area contributed by atoms with Crippen LogP contribution in [-0.2, 0) is 0 Å². The first kappa shape index (κ1) is 18.2. The lowest BCUT2D eigenvalue weighted by Gasteiger charge is -2.36. The van der Waals surface area contributed by atoms with E-state index in [1.165, 1.54) is 12.1 Å². The number of hydrogen-bond donors (Lipinski definition) is 0. The first-order valence-corrected chi connectivity index (χ1v) is 9.53. The first-order valence-electron chi connectivity index (χ1n) is 9.53. The molecule has 1 saturated heterocycles. The molecule has 0 atom stereocenters. The maximum Gasteiger partial charge on any atom is 0.147 e. The molecule has 6 heteroatoms. The van der Waals surface area contributed by atoms with Crippen LogP contribution in [0.4, 0.5) is 15.9 Å². The van der Waals surface area contributed by atoms with E-state index >= 15 is 0 Å². The molecule has 0 N–H and O–H groups in total. The number of aromatic nitrogens is 2. The Morgan fingerprint density at radius 3 is 2.25 bits per heavy atom. The molecule has 0 amide bonds. The van der Waals surface area contributed by atoms with Gasteiger partial charge < -0.3 is 14.5 Å². The van der Waals surface area contributed by atoms with E-state index in [1.807, 2.05) is 49.5 Å². The van der Waals surface area contributed by atoms with Crippen molar-refractivity contribution in [3.05, 3.63) is 66.7 Å². The van der Waals surface area contributed by atoms with Crippen molar-refractivity contribution >= 4 is 11.5 Å². The summed E-state index contributed by atoms with van der Waals surface area (Å²) in [5.41, 5.74) is 2.92. The van der Waals surface area contributed by atoms with Crippen LogP contribution in [0, 0.1) is 5.82 Å². The average Bonchev–Trinajstić information content (AvgIpc) is 2.75. The molecule has 1 aliphatic rings. The van der Waals surface area contributed by atoms with Crippen molar-refractivity contribution in [1.29, 1.82) is 0 Å². The number of piperazine rings is 1. The molecule has 1 aromatic heterocycles.